The molecule has 0 saturated carbocycles. The van der Waals surface area contributed by atoms with E-state index in [2.05, 4.69) is 14.9 Å². The van der Waals surface area contributed by atoms with Crippen LogP contribution >= 0.6 is 0 Å². The van der Waals surface area contributed by atoms with Crippen molar-refractivity contribution in [3.8, 4) is 0 Å². The summed E-state index contributed by atoms with van der Waals surface area (Å²) in [5, 5.41) is 0. The van der Waals surface area contributed by atoms with Crippen molar-refractivity contribution in [1.29, 1.82) is 0 Å². The minimum Gasteiger partial charge on any atom is -0.444 e. The number of aromatic nitrogens is 2. The van der Waals surface area contributed by atoms with Gasteiger partial charge in [-0.05, 0) is 57.7 Å². The molecule has 1 aliphatic rings. The number of likely N-dealkylation sites (tertiary alicyclic amines) is 1. The molecule has 0 aliphatic carbocycles. The number of amides is 1. The fourth-order valence-electron chi connectivity index (χ4n) is 3.74. The highest BCUT2D eigenvalue weighted by Crippen LogP contribution is 2.23. The fraction of sp³-hybridized carbons (Fsp3) is 0.522. The summed E-state index contributed by atoms with van der Waals surface area (Å²) in [7, 11) is 0. The summed E-state index contributed by atoms with van der Waals surface area (Å²) in [5.41, 5.74) is 1.60. The third-order valence-electron chi connectivity index (χ3n) is 5.16. The van der Waals surface area contributed by atoms with Crippen molar-refractivity contribution in [2.75, 3.05) is 13.1 Å². The van der Waals surface area contributed by atoms with Crippen LogP contribution in [0, 0.1) is 5.82 Å². The Hall–Kier alpha value is -2.54. The van der Waals surface area contributed by atoms with Gasteiger partial charge in [-0.25, -0.2) is 19.2 Å². The zero-order valence-electron chi connectivity index (χ0n) is 18.1. The molecular formula is C23H31FN4O2. The summed E-state index contributed by atoms with van der Waals surface area (Å²) in [4.78, 5) is 25.0. The van der Waals surface area contributed by atoms with Crippen molar-refractivity contribution >= 4 is 6.09 Å². The Balaban J connectivity index is 1.70. The van der Waals surface area contributed by atoms with Crippen LogP contribution in [0.2, 0.25) is 0 Å². The first kappa shape index (κ1) is 22.2. The molecule has 30 heavy (non-hydrogen) atoms. The molecule has 7 heteroatoms. The highest BCUT2D eigenvalue weighted by molar-refractivity contribution is 5.68. The van der Waals surface area contributed by atoms with Gasteiger partial charge in [0.2, 0.25) is 0 Å². The van der Waals surface area contributed by atoms with Crippen molar-refractivity contribution in [3.63, 3.8) is 0 Å². The second-order valence-corrected chi connectivity index (χ2v) is 8.83. The van der Waals surface area contributed by atoms with Crippen LogP contribution in [-0.4, -0.2) is 50.6 Å². The van der Waals surface area contributed by atoms with Crippen LogP contribution in [0.15, 0.2) is 43.0 Å². The van der Waals surface area contributed by atoms with Crippen LogP contribution in [0.4, 0.5) is 9.18 Å². The molecule has 0 bridgehead atoms. The molecule has 6 nitrogen and oxygen atoms in total. The van der Waals surface area contributed by atoms with E-state index in [1.807, 2.05) is 50.2 Å². The second-order valence-electron chi connectivity index (χ2n) is 8.83. The number of nitrogens with zero attached hydrogens (tertiary/aromatic N) is 4. The molecular weight excluding hydrogens is 383 g/mol. The van der Waals surface area contributed by atoms with Crippen LogP contribution < -0.4 is 0 Å². The molecule has 1 aliphatic heterocycles. The van der Waals surface area contributed by atoms with Crippen LogP contribution in [0.25, 0.3) is 0 Å². The van der Waals surface area contributed by atoms with E-state index < -0.39 is 5.60 Å². The van der Waals surface area contributed by atoms with E-state index in [-0.39, 0.29) is 11.9 Å². The molecule has 1 unspecified atom stereocenters. The summed E-state index contributed by atoms with van der Waals surface area (Å²) < 4.78 is 18.9. The van der Waals surface area contributed by atoms with E-state index >= 15 is 0 Å². The van der Waals surface area contributed by atoms with Crippen molar-refractivity contribution in [3.05, 3.63) is 59.9 Å². The zero-order valence-corrected chi connectivity index (χ0v) is 18.1. The number of hydrogen-bond acceptors (Lipinski definition) is 5. The lowest BCUT2D eigenvalue weighted by atomic mass is 10.1. The SMILES string of the molecule is CC(C)(C)OC(=O)N1CCCC(N(Cc2ccc(F)cc2)Cc2cncnc2)CC1. The van der Waals surface area contributed by atoms with Gasteiger partial charge < -0.3 is 9.64 Å². The monoisotopic (exact) mass is 414 g/mol. The fourth-order valence-corrected chi connectivity index (χ4v) is 3.74. The number of benzene rings is 1. The summed E-state index contributed by atoms with van der Waals surface area (Å²) in [5.74, 6) is -0.232. The molecule has 0 N–H and O–H groups in total. The van der Waals surface area contributed by atoms with E-state index in [1.165, 1.54) is 18.5 Å². The van der Waals surface area contributed by atoms with Gasteiger partial charge in [0.05, 0.1) is 0 Å². The Kier molecular flexibility index (Phi) is 7.37. The number of halogens is 1. The summed E-state index contributed by atoms with van der Waals surface area (Å²) in [6, 6.07) is 6.94. The lowest BCUT2D eigenvalue weighted by molar-refractivity contribution is 0.0252. The molecule has 1 fully saturated rings. The number of rotatable bonds is 5. The number of ether oxygens (including phenoxy) is 1. The van der Waals surface area contributed by atoms with Gasteiger partial charge in [-0.3, -0.25) is 4.90 Å². The molecule has 1 amide bonds. The van der Waals surface area contributed by atoms with Crippen molar-refractivity contribution < 1.29 is 13.9 Å². The van der Waals surface area contributed by atoms with Gasteiger partial charge in [0.25, 0.3) is 0 Å². The van der Waals surface area contributed by atoms with Crippen LogP contribution in [-0.2, 0) is 17.8 Å². The van der Waals surface area contributed by atoms with E-state index in [1.54, 1.807) is 0 Å². The topological polar surface area (TPSA) is 58.6 Å². The largest absolute Gasteiger partial charge is 0.444 e. The average Bonchev–Trinajstić information content (AvgIpc) is 2.95. The Morgan fingerprint density at radius 2 is 1.77 bits per heavy atom. The Morgan fingerprint density at radius 1 is 1.10 bits per heavy atom. The Labute approximate surface area is 178 Å². The van der Waals surface area contributed by atoms with Gasteiger partial charge in [-0.1, -0.05) is 12.1 Å². The van der Waals surface area contributed by atoms with E-state index in [4.69, 9.17) is 4.74 Å². The van der Waals surface area contributed by atoms with Gasteiger partial charge in [-0.2, -0.15) is 0 Å². The minimum absolute atomic E-state index is 0.232. The van der Waals surface area contributed by atoms with Crippen molar-refractivity contribution in [2.45, 2.75) is 64.8 Å². The van der Waals surface area contributed by atoms with E-state index in [0.717, 1.165) is 30.4 Å². The molecule has 0 spiro atoms. The van der Waals surface area contributed by atoms with E-state index in [9.17, 15) is 9.18 Å². The zero-order chi connectivity index (χ0) is 21.6. The first-order valence-electron chi connectivity index (χ1n) is 10.5. The van der Waals surface area contributed by atoms with Gasteiger partial charge in [0.15, 0.2) is 0 Å². The number of carbonyl (C=O) groups excluding carboxylic acids is 1. The Morgan fingerprint density at radius 3 is 2.43 bits per heavy atom. The predicted octanol–water partition coefficient (Wildman–Crippen LogP) is 4.41. The molecule has 1 aromatic heterocycles. The lowest BCUT2D eigenvalue weighted by Gasteiger charge is -2.31. The second kappa shape index (κ2) is 9.98. The summed E-state index contributed by atoms with van der Waals surface area (Å²) in [6.45, 7) is 8.42. The van der Waals surface area contributed by atoms with Gasteiger partial charge in [0, 0.05) is 50.2 Å². The molecule has 0 radical (unpaired) electrons. The normalized spacial score (nSPS) is 17.6. The molecule has 2 aromatic rings. The average molecular weight is 415 g/mol. The van der Waals surface area contributed by atoms with E-state index in [0.29, 0.717) is 32.2 Å². The van der Waals surface area contributed by atoms with Crippen LogP contribution in [0.1, 0.15) is 51.2 Å². The maximum absolute atomic E-state index is 13.3. The number of carbonyl (C=O) groups is 1. The van der Waals surface area contributed by atoms with Crippen molar-refractivity contribution in [2.24, 2.45) is 0 Å². The summed E-state index contributed by atoms with van der Waals surface area (Å²) in [6.07, 6.45) is 7.68. The lowest BCUT2D eigenvalue weighted by Crippen LogP contribution is -2.39. The summed E-state index contributed by atoms with van der Waals surface area (Å²) >= 11 is 0. The van der Waals surface area contributed by atoms with Gasteiger partial charge in [0.1, 0.15) is 17.7 Å². The number of hydrogen-bond donors (Lipinski definition) is 0. The Bertz CT molecular complexity index is 808. The molecule has 1 atom stereocenters. The molecule has 2 heterocycles. The molecule has 1 saturated heterocycles. The maximum Gasteiger partial charge on any atom is 0.410 e. The first-order chi connectivity index (χ1) is 14.3. The minimum atomic E-state index is -0.495. The molecule has 162 valence electrons. The molecule has 1 aromatic carbocycles. The molecule has 3 rings (SSSR count). The quantitative estimate of drug-likeness (QED) is 0.725. The van der Waals surface area contributed by atoms with Crippen LogP contribution in [0.5, 0.6) is 0 Å². The third kappa shape index (κ3) is 6.76. The van der Waals surface area contributed by atoms with Crippen LogP contribution in [0.3, 0.4) is 0 Å². The highest BCUT2D eigenvalue weighted by atomic mass is 19.1. The van der Waals surface area contributed by atoms with Gasteiger partial charge in [-0.15, -0.1) is 0 Å². The van der Waals surface area contributed by atoms with Gasteiger partial charge >= 0.3 is 6.09 Å². The first-order valence-corrected chi connectivity index (χ1v) is 10.5. The maximum atomic E-state index is 13.3. The smallest absolute Gasteiger partial charge is 0.410 e. The predicted molar refractivity (Wildman–Crippen MR) is 113 cm³/mol. The standard InChI is InChI=1S/C23H31FN4O2/c1-23(2,3)30-22(29)27-11-4-5-21(10-12-27)28(16-19-13-25-17-26-14-19)15-18-6-8-20(24)9-7-18/h6-9,13-14,17,21H,4-5,10-12,15-16H2,1-3H3. The van der Waals surface area contributed by atoms with Crippen molar-refractivity contribution in [1.82, 2.24) is 19.8 Å². The highest BCUT2D eigenvalue weighted by Gasteiger charge is 2.28. The third-order valence-corrected chi connectivity index (χ3v) is 5.16.